The number of epoxide rings is 1. The number of nitrogens with zero attached hydrogens (tertiary/aromatic N) is 1. The van der Waals surface area contributed by atoms with E-state index in [4.69, 9.17) is 18.9 Å². The molecule has 10 heteroatoms. The zero-order chi connectivity index (χ0) is 28.7. The molecule has 0 aromatic carbocycles. The van der Waals surface area contributed by atoms with Crippen molar-refractivity contribution in [1.29, 1.82) is 0 Å². The molecule has 3 N–H and O–H groups in total. The van der Waals surface area contributed by atoms with Crippen molar-refractivity contribution in [2.75, 3.05) is 20.7 Å². The molecule has 220 valence electrons. The number of rotatable bonds is 3. The highest BCUT2D eigenvalue weighted by Crippen LogP contribution is 2.42. The SMILES string of the molecule is C[C@@H]1[C@H](O)[C@@H](C)C(=O)O[C@@H](C)[C@H](C)[C@H](O)[C@@H](C)C(=O)[C@@]2(CO2)C[C@@H](C)[C@@H]1O[C@@H]1O[C@H](C)C[C@H](N(C)C)[C@H]1O. The van der Waals surface area contributed by atoms with Crippen molar-refractivity contribution < 1.29 is 43.9 Å². The molecular formula is C28H49NO9. The third-order valence-electron chi connectivity index (χ3n) is 9.17. The highest BCUT2D eigenvalue weighted by molar-refractivity contribution is 5.92. The van der Waals surface area contributed by atoms with Gasteiger partial charge < -0.3 is 39.2 Å². The van der Waals surface area contributed by atoms with Crippen LogP contribution in [-0.2, 0) is 28.5 Å². The summed E-state index contributed by atoms with van der Waals surface area (Å²) in [7, 11) is 3.79. The highest BCUT2D eigenvalue weighted by Gasteiger charge is 2.56. The van der Waals surface area contributed by atoms with Crippen LogP contribution in [0.1, 0.15) is 61.3 Å². The van der Waals surface area contributed by atoms with Gasteiger partial charge in [0.15, 0.2) is 17.7 Å². The van der Waals surface area contributed by atoms with Gasteiger partial charge in [0, 0.05) is 23.8 Å². The van der Waals surface area contributed by atoms with Crippen LogP contribution in [0.2, 0.25) is 0 Å². The number of esters is 1. The summed E-state index contributed by atoms with van der Waals surface area (Å²) in [5.74, 6) is -3.76. The van der Waals surface area contributed by atoms with Crippen LogP contribution in [-0.4, -0.2) is 107 Å². The van der Waals surface area contributed by atoms with Gasteiger partial charge in [0.2, 0.25) is 0 Å². The summed E-state index contributed by atoms with van der Waals surface area (Å²) in [5, 5.41) is 33.4. The standard InChI is InChI=1S/C28H49NO9/c1-13-11-28(12-35-28)25(33)17(5)21(30)15(3)19(7)37-26(34)18(6)22(31)16(4)24(13)38-27-23(32)20(29(8)9)10-14(2)36-27/h13-24,27,30-32H,10-12H2,1-9H3/t13-,14-,15+,16-,17-,18-,19+,20+,21+,22+,23-,24+,27+,28+/m1/s1. The first-order valence-corrected chi connectivity index (χ1v) is 14.0. The molecule has 3 rings (SSSR count). The van der Waals surface area contributed by atoms with Gasteiger partial charge in [-0.05, 0) is 53.6 Å². The molecule has 10 nitrogen and oxygen atoms in total. The smallest absolute Gasteiger partial charge is 0.311 e. The molecule has 0 bridgehead atoms. The molecule has 3 aliphatic heterocycles. The Kier molecular flexibility index (Phi) is 10.0. The lowest BCUT2D eigenvalue weighted by atomic mass is 9.76. The molecule has 0 unspecified atom stereocenters. The topological polar surface area (TPSA) is 138 Å². The second kappa shape index (κ2) is 12.2. The van der Waals surface area contributed by atoms with E-state index in [1.165, 1.54) is 0 Å². The van der Waals surface area contributed by atoms with Crippen molar-refractivity contribution in [3.05, 3.63) is 0 Å². The summed E-state index contributed by atoms with van der Waals surface area (Å²) in [6.07, 6.45) is -4.62. The number of ether oxygens (including phenoxy) is 4. The normalized spacial score (nSPS) is 49.6. The molecule has 1 spiro atoms. The highest BCUT2D eigenvalue weighted by atomic mass is 16.7. The van der Waals surface area contributed by atoms with Crippen LogP contribution in [0.5, 0.6) is 0 Å². The van der Waals surface area contributed by atoms with E-state index >= 15 is 0 Å². The van der Waals surface area contributed by atoms with Crippen LogP contribution in [0.4, 0.5) is 0 Å². The number of carbonyl (C=O) groups excluding carboxylic acids is 2. The first-order chi connectivity index (χ1) is 17.6. The number of aliphatic hydroxyl groups excluding tert-OH is 3. The zero-order valence-corrected chi connectivity index (χ0v) is 24.4. The molecule has 3 aliphatic rings. The molecular weight excluding hydrogens is 494 g/mol. The van der Waals surface area contributed by atoms with Crippen molar-refractivity contribution >= 4 is 11.8 Å². The van der Waals surface area contributed by atoms with E-state index in [-0.39, 0.29) is 30.5 Å². The predicted octanol–water partition coefficient (Wildman–Crippen LogP) is 1.37. The average molecular weight is 544 g/mol. The van der Waals surface area contributed by atoms with Crippen LogP contribution in [0, 0.1) is 29.6 Å². The van der Waals surface area contributed by atoms with Gasteiger partial charge in [-0.1, -0.05) is 27.7 Å². The molecule has 0 aliphatic carbocycles. The Bertz CT molecular complexity index is 833. The van der Waals surface area contributed by atoms with Crippen LogP contribution in [0.25, 0.3) is 0 Å². The van der Waals surface area contributed by atoms with Gasteiger partial charge in [-0.3, -0.25) is 9.59 Å². The molecule has 3 saturated heterocycles. The molecule has 0 aromatic rings. The molecule has 14 atom stereocenters. The second-order valence-electron chi connectivity index (χ2n) is 12.4. The minimum absolute atomic E-state index is 0.163. The Hall–Kier alpha value is -1.14. The van der Waals surface area contributed by atoms with E-state index in [9.17, 15) is 24.9 Å². The maximum absolute atomic E-state index is 13.5. The quantitative estimate of drug-likeness (QED) is 0.353. The summed E-state index contributed by atoms with van der Waals surface area (Å²) in [4.78, 5) is 28.5. The van der Waals surface area contributed by atoms with E-state index in [0.29, 0.717) is 12.8 Å². The Morgan fingerprint density at radius 2 is 1.47 bits per heavy atom. The largest absolute Gasteiger partial charge is 0.462 e. The van der Waals surface area contributed by atoms with Gasteiger partial charge in [0.25, 0.3) is 0 Å². The number of hydrogen-bond donors (Lipinski definition) is 3. The fourth-order valence-corrected chi connectivity index (χ4v) is 6.16. The van der Waals surface area contributed by atoms with Gasteiger partial charge in [0.1, 0.15) is 12.2 Å². The number of hydrogen-bond acceptors (Lipinski definition) is 10. The van der Waals surface area contributed by atoms with Gasteiger partial charge in [-0.25, -0.2) is 0 Å². The van der Waals surface area contributed by atoms with E-state index in [1.54, 1.807) is 34.6 Å². The van der Waals surface area contributed by atoms with E-state index in [1.807, 2.05) is 32.8 Å². The summed E-state index contributed by atoms with van der Waals surface area (Å²) in [6, 6.07) is -0.183. The first kappa shape index (κ1) is 31.4. The van der Waals surface area contributed by atoms with Gasteiger partial charge in [-0.2, -0.15) is 0 Å². The Morgan fingerprint density at radius 3 is 2.03 bits per heavy atom. The maximum atomic E-state index is 13.5. The Balaban J connectivity index is 1.95. The van der Waals surface area contributed by atoms with E-state index in [0.717, 1.165) is 0 Å². The summed E-state index contributed by atoms with van der Waals surface area (Å²) in [6.45, 7) is 12.6. The van der Waals surface area contributed by atoms with Gasteiger partial charge in [0.05, 0.1) is 36.9 Å². The lowest BCUT2D eigenvalue weighted by molar-refractivity contribution is -0.283. The van der Waals surface area contributed by atoms with Crippen LogP contribution < -0.4 is 0 Å². The molecule has 0 amide bonds. The minimum atomic E-state index is -1.13. The number of likely N-dealkylation sites (N-methyl/N-ethyl adjacent to an activating group) is 1. The maximum Gasteiger partial charge on any atom is 0.311 e. The van der Waals surface area contributed by atoms with Gasteiger partial charge in [-0.15, -0.1) is 0 Å². The van der Waals surface area contributed by atoms with Gasteiger partial charge >= 0.3 is 5.97 Å². The second-order valence-corrected chi connectivity index (χ2v) is 12.4. The van der Waals surface area contributed by atoms with Crippen molar-refractivity contribution in [2.24, 2.45) is 29.6 Å². The molecule has 0 aromatic heterocycles. The number of Topliss-reactive ketones (excluding diaryl/α,β-unsaturated/α-hetero) is 1. The number of ketones is 1. The number of aliphatic hydroxyl groups is 3. The third-order valence-corrected chi connectivity index (χ3v) is 9.17. The zero-order valence-electron chi connectivity index (χ0n) is 24.4. The molecule has 3 heterocycles. The van der Waals surface area contributed by atoms with Crippen LogP contribution >= 0.6 is 0 Å². The predicted molar refractivity (Wildman–Crippen MR) is 139 cm³/mol. The molecule has 0 radical (unpaired) electrons. The van der Waals surface area contributed by atoms with Crippen LogP contribution in [0.3, 0.4) is 0 Å². The first-order valence-electron chi connectivity index (χ1n) is 14.0. The van der Waals surface area contributed by atoms with Crippen molar-refractivity contribution in [1.82, 2.24) is 4.90 Å². The average Bonchev–Trinajstić information content (AvgIpc) is 3.65. The van der Waals surface area contributed by atoms with Crippen molar-refractivity contribution in [3.8, 4) is 0 Å². The number of carbonyl (C=O) groups is 2. The minimum Gasteiger partial charge on any atom is -0.462 e. The third kappa shape index (κ3) is 6.43. The molecule has 0 saturated carbocycles. The summed E-state index contributed by atoms with van der Waals surface area (Å²) in [5.41, 5.74) is -1.05. The Morgan fingerprint density at radius 1 is 0.895 bits per heavy atom. The summed E-state index contributed by atoms with van der Waals surface area (Å²) < 4.78 is 23.8. The summed E-state index contributed by atoms with van der Waals surface area (Å²) >= 11 is 0. The lowest BCUT2D eigenvalue weighted by Gasteiger charge is -2.44. The van der Waals surface area contributed by atoms with Crippen LogP contribution in [0.15, 0.2) is 0 Å². The monoisotopic (exact) mass is 543 g/mol. The van der Waals surface area contributed by atoms with Crippen molar-refractivity contribution in [3.63, 3.8) is 0 Å². The van der Waals surface area contributed by atoms with Crippen molar-refractivity contribution in [2.45, 2.75) is 116 Å². The number of cyclic esters (lactones) is 1. The fourth-order valence-electron chi connectivity index (χ4n) is 6.16. The Labute approximate surface area is 226 Å². The molecule has 3 fully saturated rings. The lowest BCUT2D eigenvalue weighted by Crippen LogP contribution is -2.56. The van der Waals surface area contributed by atoms with E-state index < -0.39 is 72.1 Å². The van der Waals surface area contributed by atoms with E-state index in [2.05, 4.69) is 0 Å². The fraction of sp³-hybridized carbons (Fsp3) is 0.929. The molecule has 38 heavy (non-hydrogen) atoms.